The van der Waals surface area contributed by atoms with Gasteiger partial charge in [-0.3, -0.25) is 9.48 Å². The second-order valence-electron chi connectivity index (χ2n) is 6.08. The van der Waals surface area contributed by atoms with Gasteiger partial charge in [-0.2, -0.15) is 5.10 Å². The number of aromatic nitrogens is 3. The lowest BCUT2D eigenvalue weighted by molar-refractivity contribution is 0.0945. The lowest BCUT2D eigenvalue weighted by Crippen LogP contribution is -2.33. The Morgan fingerprint density at radius 2 is 2.38 bits per heavy atom. The van der Waals surface area contributed by atoms with E-state index in [0.29, 0.717) is 29.8 Å². The van der Waals surface area contributed by atoms with Crippen molar-refractivity contribution in [3.8, 4) is 11.5 Å². The lowest BCUT2D eigenvalue weighted by Gasteiger charge is -2.22. The Balaban J connectivity index is 0.00000208. The van der Waals surface area contributed by atoms with Gasteiger partial charge in [-0.25, -0.2) is 4.98 Å². The monoisotopic (exact) mass is 353 g/mol. The second-order valence-corrected chi connectivity index (χ2v) is 6.08. The zero-order chi connectivity index (χ0) is 16.2. The molecule has 1 aliphatic heterocycles. The van der Waals surface area contributed by atoms with Crippen molar-refractivity contribution in [2.24, 2.45) is 13.0 Å². The molecule has 132 valence electrons. The summed E-state index contributed by atoms with van der Waals surface area (Å²) in [4.78, 5) is 16.6. The van der Waals surface area contributed by atoms with Crippen LogP contribution in [0.15, 0.2) is 16.8 Å². The van der Waals surface area contributed by atoms with E-state index in [4.69, 9.17) is 4.42 Å². The average molecular weight is 354 g/mol. The molecule has 7 nitrogen and oxygen atoms in total. The second kappa shape index (κ2) is 8.30. The minimum atomic E-state index is -0.176. The van der Waals surface area contributed by atoms with Crippen LogP contribution < -0.4 is 10.6 Å². The number of amides is 1. The standard InChI is InChI=1S/C16H23N5O2.ClH/c1-11-14(20-16(23-11)13-9-19-21(2)10-13)15(22)18-7-5-12-4-3-6-17-8-12;/h9-10,12,17H,3-8H2,1-2H3,(H,18,22);1H. The number of carbonyl (C=O) groups is 1. The van der Waals surface area contributed by atoms with Crippen molar-refractivity contribution >= 4 is 18.3 Å². The number of carbonyl (C=O) groups excluding carboxylic acids is 1. The Kier molecular flexibility index (Phi) is 6.39. The summed E-state index contributed by atoms with van der Waals surface area (Å²) < 4.78 is 7.27. The van der Waals surface area contributed by atoms with Gasteiger partial charge in [0.25, 0.3) is 5.91 Å². The molecule has 3 rings (SSSR count). The third-order valence-electron chi connectivity index (χ3n) is 4.20. The summed E-state index contributed by atoms with van der Waals surface area (Å²) in [6.07, 6.45) is 6.92. The quantitative estimate of drug-likeness (QED) is 0.857. The van der Waals surface area contributed by atoms with E-state index < -0.39 is 0 Å². The molecule has 1 unspecified atom stereocenters. The van der Waals surface area contributed by atoms with Gasteiger partial charge >= 0.3 is 0 Å². The van der Waals surface area contributed by atoms with Gasteiger partial charge in [0.15, 0.2) is 5.69 Å². The minimum Gasteiger partial charge on any atom is -0.440 e. The van der Waals surface area contributed by atoms with Crippen LogP contribution in [0.5, 0.6) is 0 Å². The molecule has 8 heteroatoms. The molecule has 2 aromatic heterocycles. The SMILES string of the molecule is Cc1oc(-c2cnn(C)c2)nc1C(=O)NCCC1CCCNC1.Cl. The largest absolute Gasteiger partial charge is 0.440 e. The molecule has 0 spiro atoms. The van der Waals surface area contributed by atoms with Crippen molar-refractivity contribution in [1.82, 2.24) is 25.4 Å². The van der Waals surface area contributed by atoms with Gasteiger partial charge in [0, 0.05) is 19.8 Å². The molecule has 1 atom stereocenters. The van der Waals surface area contributed by atoms with Gasteiger partial charge in [0.2, 0.25) is 5.89 Å². The lowest BCUT2D eigenvalue weighted by atomic mass is 9.96. The molecule has 0 radical (unpaired) electrons. The van der Waals surface area contributed by atoms with Gasteiger partial charge in [-0.05, 0) is 45.2 Å². The molecule has 2 N–H and O–H groups in total. The van der Waals surface area contributed by atoms with Crippen LogP contribution in [-0.4, -0.2) is 40.3 Å². The highest BCUT2D eigenvalue weighted by Crippen LogP contribution is 2.21. The zero-order valence-corrected chi connectivity index (χ0v) is 14.9. The number of rotatable bonds is 5. The molecule has 1 aliphatic rings. The number of nitrogens with zero attached hydrogens (tertiary/aromatic N) is 3. The van der Waals surface area contributed by atoms with E-state index in [2.05, 4.69) is 20.7 Å². The molecule has 0 saturated carbocycles. The third kappa shape index (κ3) is 4.36. The normalized spacial score (nSPS) is 17.3. The van der Waals surface area contributed by atoms with Crippen LogP contribution in [-0.2, 0) is 7.05 Å². The number of piperidine rings is 1. The predicted octanol–water partition coefficient (Wildman–Crippen LogP) is 1.92. The molecule has 1 amide bonds. The molecule has 0 bridgehead atoms. The van der Waals surface area contributed by atoms with Crippen LogP contribution >= 0.6 is 12.4 Å². The Labute approximate surface area is 147 Å². The molecule has 2 aromatic rings. The smallest absolute Gasteiger partial charge is 0.273 e. The van der Waals surface area contributed by atoms with Crippen molar-refractivity contribution in [3.05, 3.63) is 23.8 Å². The maximum absolute atomic E-state index is 12.3. The van der Waals surface area contributed by atoms with E-state index >= 15 is 0 Å². The van der Waals surface area contributed by atoms with Crippen LogP contribution in [0, 0.1) is 12.8 Å². The van der Waals surface area contributed by atoms with Gasteiger partial charge in [0.1, 0.15) is 5.76 Å². The fourth-order valence-corrected chi connectivity index (χ4v) is 2.91. The van der Waals surface area contributed by atoms with Crippen LogP contribution in [0.1, 0.15) is 35.5 Å². The van der Waals surface area contributed by atoms with Gasteiger partial charge in [-0.1, -0.05) is 0 Å². The van der Waals surface area contributed by atoms with Crippen LogP contribution in [0.2, 0.25) is 0 Å². The van der Waals surface area contributed by atoms with Crippen molar-refractivity contribution in [2.45, 2.75) is 26.2 Å². The van der Waals surface area contributed by atoms with E-state index in [1.54, 1.807) is 17.8 Å². The molecular formula is C16H24ClN5O2. The molecule has 1 fully saturated rings. The van der Waals surface area contributed by atoms with Crippen molar-refractivity contribution in [3.63, 3.8) is 0 Å². The minimum absolute atomic E-state index is 0. The Bertz CT molecular complexity index is 676. The third-order valence-corrected chi connectivity index (χ3v) is 4.20. The summed E-state index contributed by atoms with van der Waals surface area (Å²) in [6, 6.07) is 0. The molecule has 0 aromatic carbocycles. The first kappa shape index (κ1) is 18.5. The Hall–Kier alpha value is -1.86. The van der Waals surface area contributed by atoms with E-state index in [1.807, 2.05) is 13.2 Å². The first-order chi connectivity index (χ1) is 11.1. The highest BCUT2D eigenvalue weighted by molar-refractivity contribution is 5.93. The van der Waals surface area contributed by atoms with E-state index in [1.165, 1.54) is 12.8 Å². The summed E-state index contributed by atoms with van der Waals surface area (Å²) in [5, 5.41) is 10.4. The fraction of sp³-hybridized carbons (Fsp3) is 0.562. The van der Waals surface area contributed by atoms with E-state index in [0.717, 1.165) is 25.1 Å². The Morgan fingerprint density at radius 1 is 1.54 bits per heavy atom. The Morgan fingerprint density at radius 3 is 3.04 bits per heavy atom. The summed E-state index contributed by atoms with van der Waals surface area (Å²) >= 11 is 0. The number of halogens is 1. The van der Waals surface area contributed by atoms with Crippen LogP contribution in [0.3, 0.4) is 0 Å². The first-order valence-corrected chi connectivity index (χ1v) is 8.09. The van der Waals surface area contributed by atoms with E-state index in [-0.39, 0.29) is 18.3 Å². The van der Waals surface area contributed by atoms with Crippen molar-refractivity contribution < 1.29 is 9.21 Å². The highest BCUT2D eigenvalue weighted by atomic mass is 35.5. The number of hydrogen-bond acceptors (Lipinski definition) is 5. The van der Waals surface area contributed by atoms with Crippen LogP contribution in [0.25, 0.3) is 11.5 Å². The highest BCUT2D eigenvalue weighted by Gasteiger charge is 2.19. The predicted molar refractivity (Wildman–Crippen MR) is 93.2 cm³/mol. The van der Waals surface area contributed by atoms with Crippen molar-refractivity contribution in [2.75, 3.05) is 19.6 Å². The number of oxazole rings is 1. The topological polar surface area (TPSA) is 85.0 Å². The fourth-order valence-electron chi connectivity index (χ4n) is 2.91. The summed E-state index contributed by atoms with van der Waals surface area (Å²) in [6.45, 7) is 4.58. The number of aryl methyl sites for hydroxylation is 2. The van der Waals surface area contributed by atoms with Crippen molar-refractivity contribution in [1.29, 1.82) is 0 Å². The molecular weight excluding hydrogens is 330 g/mol. The maximum Gasteiger partial charge on any atom is 0.273 e. The van der Waals surface area contributed by atoms with Gasteiger partial charge in [0.05, 0.1) is 11.8 Å². The zero-order valence-electron chi connectivity index (χ0n) is 14.0. The average Bonchev–Trinajstić information content (AvgIpc) is 3.14. The summed E-state index contributed by atoms with van der Waals surface area (Å²) in [5.41, 5.74) is 1.12. The molecule has 24 heavy (non-hydrogen) atoms. The summed E-state index contributed by atoms with van der Waals surface area (Å²) in [5.74, 6) is 1.43. The van der Waals surface area contributed by atoms with Crippen LogP contribution in [0.4, 0.5) is 0 Å². The van der Waals surface area contributed by atoms with Gasteiger partial charge < -0.3 is 15.1 Å². The summed E-state index contributed by atoms with van der Waals surface area (Å²) in [7, 11) is 1.83. The molecule has 3 heterocycles. The number of hydrogen-bond donors (Lipinski definition) is 2. The maximum atomic E-state index is 12.3. The van der Waals surface area contributed by atoms with Gasteiger partial charge in [-0.15, -0.1) is 12.4 Å². The number of nitrogens with one attached hydrogen (secondary N) is 2. The first-order valence-electron chi connectivity index (χ1n) is 8.09. The molecule has 1 saturated heterocycles. The molecule has 0 aliphatic carbocycles. The van der Waals surface area contributed by atoms with E-state index in [9.17, 15) is 4.79 Å².